The lowest BCUT2D eigenvalue weighted by molar-refractivity contribution is 0.138. The molecule has 0 saturated heterocycles. The van der Waals surface area contributed by atoms with E-state index in [2.05, 4.69) is 48.1 Å². The van der Waals surface area contributed by atoms with Crippen molar-refractivity contribution < 1.29 is 5.11 Å². The molecule has 2 aromatic rings. The van der Waals surface area contributed by atoms with Crippen LogP contribution in [0.3, 0.4) is 0 Å². The molecule has 120 valence electrons. The van der Waals surface area contributed by atoms with Crippen molar-refractivity contribution in [3.05, 3.63) is 46.5 Å². The summed E-state index contributed by atoms with van der Waals surface area (Å²) in [6.07, 6.45) is 1.06. The van der Waals surface area contributed by atoms with Gasteiger partial charge in [-0.1, -0.05) is 37.3 Å². The Morgan fingerprint density at radius 3 is 2.55 bits per heavy atom. The van der Waals surface area contributed by atoms with Gasteiger partial charge < -0.3 is 9.67 Å². The highest BCUT2D eigenvalue weighted by atomic mass is 32.1. The largest absolute Gasteiger partial charge is 0.388 e. The molecule has 0 aliphatic carbocycles. The van der Waals surface area contributed by atoms with Gasteiger partial charge in [-0.15, -0.1) is 0 Å². The van der Waals surface area contributed by atoms with Crippen molar-refractivity contribution in [3.8, 4) is 0 Å². The summed E-state index contributed by atoms with van der Waals surface area (Å²) in [6.45, 7) is 5.76. The Morgan fingerprint density at radius 2 is 2.00 bits per heavy atom. The van der Waals surface area contributed by atoms with E-state index in [1.807, 2.05) is 13.1 Å². The van der Waals surface area contributed by atoms with E-state index in [0.717, 1.165) is 13.0 Å². The Hall–Kier alpha value is -1.50. The minimum Gasteiger partial charge on any atom is -0.388 e. The molecule has 22 heavy (non-hydrogen) atoms. The maximum absolute atomic E-state index is 9.32. The number of benzene rings is 1. The van der Waals surface area contributed by atoms with Crippen LogP contribution >= 0.6 is 12.2 Å². The SMILES string of the molecule is CCC(C)N(Cc1ccccc1)Cn1nc(CO)n(C)c1=S. The average Bonchev–Trinajstić information content (AvgIpc) is 2.82. The van der Waals surface area contributed by atoms with Crippen LogP contribution in [0.5, 0.6) is 0 Å². The Kier molecular flexibility index (Phi) is 5.88. The zero-order valence-corrected chi connectivity index (χ0v) is 14.3. The lowest BCUT2D eigenvalue weighted by Gasteiger charge is -2.28. The second-order valence-electron chi connectivity index (χ2n) is 5.55. The van der Waals surface area contributed by atoms with Gasteiger partial charge in [-0.05, 0) is 31.1 Å². The molecule has 5 nitrogen and oxygen atoms in total. The Morgan fingerprint density at radius 1 is 1.32 bits per heavy atom. The molecule has 0 saturated carbocycles. The van der Waals surface area contributed by atoms with Crippen LogP contribution < -0.4 is 0 Å². The minimum atomic E-state index is -0.102. The van der Waals surface area contributed by atoms with Gasteiger partial charge in [0, 0.05) is 19.6 Å². The highest BCUT2D eigenvalue weighted by Gasteiger charge is 2.16. The molecule has 0 radical (unpaired) electrons. The zero-order valence-electron chi connectivity index (χ0n) is 13.4. The molecule has 1 unspecified atom stereocenters. The molecule has 1 heterocycles. The number of aliphatic hydroxyl groups is 1. The zero-order chi connectivity index (χ0) is 16.1. The van der Waals surface area contributed by atoms with Crippen molar-refractivity contribution in [1.29, 1.82) is 0 Å². The number of aliphatic hydroxyl groups excluding tert-OH is 1. The topological polar surface area (TPSA) is 46.2 Å². The third-order valence-electron chi connectivity index (χ3n) is 4.03. The second-order valence-corrected chi connectivity index (χ2v) is 5.91. The summed E-state index contributed by atoms with van der Waals surface area (Å²) in [5.74, 6) is 0.591. The summed E-state index contributed by atoms with van der Waals surface area (Å²) >= 11 is 5.41. The van der Waals surface area contributed by atoms with E-state index in [0.29, 0.717) is 23.3 Å². The highest BCUT2D eigenvalue weighted by Crippen LogP contribution is 2.12. The van der Waals surface area contributed by atoms with E-state index in [1.165, 1.54) is 5.56 Å². The smallest absolute Gasteiger partial charge is 0.198 e. The summed E-state index contributed by atoms with van der Waals surface area (Å²) in [5, 5.41) is 13.7. The first-order valence-corrected chi connectivity index (χ1v) is 7.99. The van der Waals surface area contributed by atoms with Crippen molar-refractivity contribution in [2.45, 2.75) is 46.1 Å². The molecular formula is C16H24N4OS. The lowest BCUT2D eigenvalue weighted by atomic mass is 10.1. The van der Waals surface area contributed by atoms with Gasteiger partial charge in [0.15, 0.2) is 10.6 Å². The second kappa shape index (κ2) is 7.67. The predicted molar refractivity (Wildman–Crippen MR) is 89.7 cm³/mol. The fraction of sp³-hybridized carbons (Fsp3) is 0.500. The van der Waals surface area contributed by atoms with Gasteiger partial charge in [-0.25, -0.2) is 4.68 Å². The predicted octanol–water partition coefficient (Wildman–Crippen LogP) is 2.70. The molecule has 0 spiro atoms. The van der Waals surface area contributed by atoms with Crippen LogP contribution in [0.15, 0.2) is 30.3 Å². The standard InChI is InChI=1S/C16H24N4OS/c1-4-13(2)19(10-14-8-6-5-7-9-14)12-20-16(22)18(3)15(11-21)17-20/h5-9,13,21H,4,10-12H2,1-3H3. The van der Waals surface area contributed by atoms with Crippen molar-refractivity contribution in [1.82, 2.24) is 19.2 Å². The molecule has 1 atom stereocenters. The average molecular weight is 320 g/mol. The molecule has 1 aromatic heterocycles. The molecule has 2 rings (SSSR count). The number of aromatic nitrogens is 3. The summed E-state index contributed by atoms with van der Waals surface area (Å²) < 4.78 is 4.17. The maximum Gasteiger partial charge on any atom is 0.198 e. The maximum atomic E-state index is 9.32. The van der Waals surface area contributed by atoms with E-state index in [9.17, 15) is 5.11 Å². The molecule has 0 aliphatic rings. The van der Waals surface area contributed by atoms with Crippen molar-refractivity contribution in [2.75, 3.05) is 0 Å². The van der Waals surface area contributed by atoms with E-state index in [1.54, 1.807) is 9.25 Å². The van der Waals surface area contributed by atoms with E-state index in [-0.39, 0.29) is 6.61 Å². The van der Waals surface area contributed by atoms with Crippen LogP contribution in [0, 0.1) is 4.77 Å². The lowest BCUT2D eigenvalue weighted by Crippen LogP contribution is -2.34. The van der Waals surface area contributed by atoms with E-state index in [4.69, 9.17) is 12.2 Å². The summed E-state index contributed by atoms with van der Waals surface area (Å²) in [7, 11) is 1.84. The Bertz CT molecular complexity index is 650. The van der Waals surface area contributed by atoms with Crippen LogP contribution in [-0.2, 0) is 26.9 Å². The summed E-state index contributed by atoms with van der Waals surface area (Å²) in [5.41, 5.74) is 1.27. The molecule has 0 fully saturated rings. The van der Waals surface area contributed by atoms with E-state index >= 15 is 0 Å². The van der Waals surface area contributed by atoms with Crippen LogP contribution in [-0.4, -0.2) is 30.4 Å². The minimum absolute atomic E-state index is 0.102. The van der Waals surface area contributed by atoms with Gasteiger partial charge in [0.1, 0.15) is 6.61 Å². The van der Waals surface area contributed by atoms with Gasteiger partial charge in [-0.3, -0.25) is 4.90 Å². The number of nitrogens with zero attached hydrogens (tertiary/aromatic N) is 4. The molecular weight excluding hydrogens is 296 g/mol. The Labute approximate surface area is 136 Å². The highest BCUT2D eigenvalue weighted by molar-refractivity contribution is 7.71. The molecule has 0 bridgehead atoms. The van der Waals surface area contributed by atoms with Crippen LogP contribution in [0.1, 0.15) is 31.7 Å². The fourth-order valence-corrected chi connectivity index (χ4v) is 2.56. The Balaban J connectivity index is 2.22. The van der Waals surface area contributed by atoms with Crippen molar-refractivity contribution in [3.63, 3.8) is 0 Å². The molecule has 0 aliphatic heterocycles. The molecule has 0 amide bonds. The first-order chi connectivity index (χ1) is 10.6. The van der Waals surface area contributed by atoms with Gasteiger partial charge in [0.25, 0.3) is 0 Å². The normalized spacial score (nSPS) is 12.8. The fourth-order valence-electron chi connectivity index (χ4n) is 2.36. The van der Waals surface area contributed by atoms with Crippen LogP contribution in [0.25, 0.3) is 0 Å². The number of rotatable bonds is 7. The summed E-state index contributed by atoms with van der Waals surface area (Å²) in [6, 6.07) is 10.8. The summed E-state index contributed by atoms with van der Waals surface area (Å²) in [4.78, 5) is 2.35. The van der Waals surface area contributed by atoms with Crippen molar-refractivity contribution >= 4 is 12.2 Å². The van der Waals surface area contributed by atoms with E-state index < -0.39 is 0 Å². The van der Waals surface area contributed by atoms with Gasteiger partial charge in [0.2, 0.25) is 0 Å². The van der Waals surface area contributed by atoms with Crippen molar-refractivity contribution in [2.24, 2.45) is 7.05 Å². The number of hydrogen-bond donors (Lipinski definition) is 1. The molecule has 1 aromatic carbocycles. The molecule has 1 N–H and O–H groups in total. The third kappa shape index (κ3) is 3.82. The van der Waals surface area contributed by atoms with Gasteiger partial charge in [0.05, 0.1) is 6.67 Å². The monoisotopic (exact) mass is 320 g/mol. The van der Waals surface area contributed by atoms with Gasteiger partial charge in [-0.2, -0.15) is 5.10 Å². The third-order valence-corrected chi connectivity index (χ3v) is 4.52. The number of hydrogen-bond acceptors (Lipinski definition) is 4. The first kappa shape index (κ1) is 16.9. The van der Waals surface area contributed by atoms with Crippen LogP contribution in [0.4, 0.5) is 0 Å². The first-order valence-electron chi connectivity index (χ1n) is 7.58. The molecule has 6 heteroatoms. The van der Waals surface area contributed by atoms with Crippen LogP contribution in [0.2, 0.25) is 0 Å². The quantitative estimate of drug-likeness (QED) is 0.797. The van der Waals surface area contributed by atoms with Gasteiger partial charge >= 0.3 is 0 Å².